The summed E-state index contributed by atoms with van der Waals surface area (Å²) in [4.78, 5) is 11.0. The summed E-state index contributed by atoms with van der Waals surface area (Å²) in [7, 11) is 0. The first-order valence-corrected chi connectivity index (χ1v) is 7.00. The van der Waals surface area contributed by atoms with Gasteiger partial charge in [0.15, 0.2) is 0 Å². The number of carbonyl (C=O) groups is 1. The van der Waals surface area contributed by atoms with E-state index in [1.165, 1.54) is 34.1 Å². The van der Waals surface area contributed by atoms with Crippen molar-refractivity contribution in [3.63, 3.8) is 0 Å². The van der Waals surface area contributed by atoms with Gasteiger partial charge >= 0.3 is 5.97 Å². The van der Waals surface area contributed by atoms with Gasteiger partial charge in [0.1, 0.15) is 0 Å². The zero-order valence-corrected chi connectivity index (χ0v) is 11.0. The number of hydrogen-bond acceptors (Lipinski definition) is 1. The summed E-state index contributed by atoms with van der Waals surface area (Å²) in [5.41, 5.74) is 5.33. The maximum atomic E-state index is 11.0. The molecule has 0 spiro atoms. The molecule has 2 unspecified atom stereocenters. The molecule has 1 aromatic heterocycles. The van der Waals surface area contributed by atoms with Crippen LogP contribution >= 0.6 is 0 Å². The molecule has 19 heavy (non-hydrogen) atoms. The molecule has 0 radical (unpaired) electrons. The fraction of sp³-hybridized carbons (Fsp3) is 0.438. The van der Waals surface area contributed by atoms with Crippen molar-refractivity contribution in [1.82, 2.24) is 4.57 Å². The molecule has 1 aliphatic heterocycles. The fourth-order valence-electron chi connectivity index (χ4n) is 3.62. The number of aryl methyl sites for hydroxylation is 3. The highest BCUT2D eigenvalue weighted by Crippen LogP contribution is 2.49. The number of hydrogen-bond donors (Lipinski definition) is 1. The van der Waals surface area contributed by atoms with E-state index in [9.17, 15) is 4.79 Å². The van der Waals surface area contributed by atoms with Gasteiger partial charge < -0.3 is 9.67 Å². The van der Waals surface area contributed by atoms with Crippen molar-refractivity contribution in [1.29, 1.82) is 0 Å². The third-order valence-corrected chi connectivity index (χ3v) is 4.66. The molecule has 1 aliphatic carbocycles. The van der Waals surface area contributed by atoms with E-state index in [2.05, 4.69) is 29.7 Å². The second kappa shape index (κ2) is 3.62. The Kier molecular flexibility index (Phi) is 2.12. The normalized spacial score (nSPS) is 24.7. The van der Waals surface area contributed by atoms with Gasteiger partial charge in [-0.2, -0.15) is 0 Å². The Morgan fingerprint density at radius 2 is 2.21 bits per heavy atom. The van der Waals surface area contributed by atoms with E-state index in [1.807, 2.05) is 0 Å². The maximum absolute atomic E-state index is 11.0. The summed E-state index contributed by atoms with van der Waals surface area (Å²) < 4.78 is 2.40. The molecular formula is C16H17NO2. The maximum Gasteiger partial charge on any atom is 0.307 e. The van der Waals surface area contributed by atoms with Crippen molar-refractivity contribution in [2.45, 2.75) is 38.6 Å². The lowest BCUT2D eigenvalue weighted by Crippen LogP contribution is -2.09. The topological polar surface area (TPSA) is 42.2 Å². The van der Waals surface area contributed by atoms with Gasteiger partial charge in [0.25, 0.3) is 0 Å². The van der Waals surface area contributed by atoms with Crippen LogP contribution in [0.3, 0.4) is 0 Å². The largest absolute Gasteiger partial charge is 0.481 e. The first-order valence-electron chi connectivity index (χ1n) is 7.00. The first-order chi connectivity index (χ1) is 9.15. The molecule has 3 nitrogen and oxygen atoms in total. The van der Waals surface area contributed by atoms with E-state index in [1.54, 1.807) is 0 Å². The molecule has 2 atom stereocenters. The summed E-state index contributed by atoms with van der Waals surface area (Å²) in [6, 6.07) is 6.71. The number of aromatic nitrogens is 1. The van der Waals surface area contributed by atoms with Crippen molar-refractivity contribution >= 4 is 16.9 Å². The molecule has 2 heterocycles. The average Bonchev–Trinajstić information content (AvgIpc) is 3.12. The zero-order chi connectivity index (χ0) is 13.1. The van der Waals surface area contributed by atoms with Gasteiger partial charge in [-0.05, 0) is 55.4 Å². The van der Waals surface area contributed by atoms with Crippen LogP contribution in [0.25, 0.3) is 10.9 Å². The minimum Gasteiger partial charge on any atom is -0.481 e. The molecule has 1 saturated carbocycles. The molecule has 2 aromatic rings. The molecule has 1 N–H and O–H groups in total. The second-order valence-electron chi connectivity index (χ2n) is 5.95. The van der Waals surface area contributed by atoms with Crippen LogP contribution in [0.15, 0.2) is 18.2 Å². The predicted octanol–water partition coefficient (Wildman–Crippen LogP) is 3.08. The lowest BCUT2D eigenvalue weighted by atomic mass is 9.98. The highest BCUT2D eigenvalue weighted by molar-refractivity contribution is 5.86. The molecule has 1 aromatic carbocycles. The van der Waals surface area contributed by atoms with Crippen molar-refractivity contribution < 1.29 is 9.90 Å². The zero-order valence-electron chi connectivity index (χ0n) is 11.0. The van der Waals surface area contributed by atoms with Crippen molar-refractivity contribution in [3.05, 3.63) is 35.0 Å². The Balaban J connectivity index is 1.85. The summed E-state index contributed by atoms with van der Waals surface area (Å²) in [6.45, 7) is 3.27. The Hall–Kier alpha value is -1.77. The molecule has 0 bridgehead atoms. The van der Waals surface area contributed by atoms with Crippen LogP contribution in [0.4, 0.5) is 0 Å². The highest BCUT2D eigenvalue weighted by Gasteiger charge is 2.44. The smallest absolute Gasteiger partial charge is 0.307 e. The van der Waals surface area contributed by atoms with Crippen LogP contribution in [-0.2, 0) is 17.8 Å². The van der Waals surface area contributed by atoms with Gasteiger partial charge in [0.2, 0.25) is 0 Å². The molecule has 1 fully saturated rings. The Morgan fingerprint density at radius 3 is 2.95 bits per heavy atom. The van der Waals surface area contributed by atoms with Gasteiger partial charge in [0.05, 0.1) is 11.4 Å². The summed E-state index contributed by atoms with van der Waals surface area (Å²) >= 11 is 0. The van der Waals surface area contributed by atoms with Gasteiger partial charge in [-0.25, -0.2) is 0 Å². The molecule has 4 rings (SSSR count). The molecule has 0 saturated heterocycles. The Morgan fingerprint density at radius 1 is 1.37 bits per heavy atom. The summed E-state index contributed by atoms with van der Waals surface area (Å²) in [6.07, 6.45) is 3.12. The lowest BCUT2D eigenvalue weighted by molar-refractivity contribution is -0.138. The number of carboxylic acid groups (broad SMARTS) is 1. The van der Waals surface area contributed by atoms with Crippen molar-refractivity contribution in [2.24, 2.45) is 5.92 Å². The lowest BCUT2D eigenvalue weighted by Gasteiger charge is -2.18. The average molecular weight is 255 g/mol. The van der Waals surface area contributed by atoms with Gasteiger partial charge in [-0.1, -0.05) is 6.07 Å². The molecule has 0 amide bonds. The third kappa shape index (κ3) is 1.54. The van der Waals surface area contributed by atoms with E-state index in [-0.39, 0.29) is 11.8 Å². The van der Waals surface area contributed by atoms with Crippen LogP contribution in [0, 0.1) is 12.8 Å². The van der Waals surface area contributed by atoms with Crippen LogP contribution in [-0.4, -0.2) is 15.6 Å². The first kappa shape index (κ1) is 11.1. The van der Waals surface area contributed by atoms with Crippen LogP contribution in [0.5, 0.6) is 0 Å². The molecular weight excluding hydrogens is 238 g/mol. The van der Waals surface area contributed by atoms with Gasteiger partial charge in [0, 0.05) is 17.6 Å². The number of rotatable bonds is 2. The third-order valence-electron chi connectivity index (χ3n) is 4.66. The van der Waals surface area contributed by atoms with Gasteiger partial charge in [-0.15, -0.1) is 0 Å². The summed E-state index contributed by atoms with van der Waals surface area (Å²) in [5.74, 6) is -0.562. The fourth-order valence-corrected chi connectivity index (χ4v) is 3.62. The predicted molar refractivity (Wildman–Crippen MR) is 73.5 cm³/mol. The van der Waals surface area contributed by atoms with E-state index in [4.69, 9.17) is 5.11 Å². The Bertz CT molecular complexity index is 698. The minimum absolute atomic E-state index is 0.156. The van der Waals surface area contributed by atoms with Crippen LogP contribution < -0.4 is 0 Å². The molecule has 2 aliphatic rings. The molecule has 98 valence electrons. The number of carboxylic acids is 1. The minimum atomic E-state index is -0.646. The number of benzene rings is 1. The van der Waals surface area contributed by atoms with Crippen LogP contribution in [0.1, 0.15) is 35.6 Å². The van der Waals surface area contributed by atoms with E-state index in [0.717, 1.165) is 19.4 Å². The molecule has 3 heteroatoms. The standard InChI is InChI=1S/C16H17NO2/c1-9-5-12-7-11(13-8-14(13)16(18)19)6-10-3-2-4-17(9)15(10)12/h5-7,13-14H,2-4,8H2,1H3,(H,18,19). The van der Waals surface area contributed by atoms with E-state index < -0.39 is 5.97 Å². The van der Waals surface area contributed by atoms with Gasteiger partial charge in [-0.3, -0.25) is 4.79 Å². The van der Waals surface area contributed by atoms with E-state index in [0.29, 0.717) is 0 Å². The van der Waals surface area contributed by atoms with E-state index >= 15 is 0 Å². The summed E-state index contributed by atoms with van der Waals surface area (Å²) in [5, 5.41) is 10.4. The Labute approximate surface area is 111 Å². The number of aliphatic carboxylic acids is 1. The quantitative estimate of drug-likeness (QED) is 0.896. The SMILES string of the molecule is Cc1cc2cc(C3CC3C(=O)O)cc3c2n1CCC3. The highest BCUT2D eigenvalue weighted by atomic mass is 16.4. The number of nitrogens with zero attached hydrogens (tertiary/aromatic N) is 1. The monoisotopic (exact) mass is 255 g/mol. The van der Waals surface area contributed by atoms with Crippen molar-refractivity contribution in [3.8, 4) is 0 Å². The van der Waals surface area contributed by atoms with Crippen molar-refractivity contribution in [2.75, 3.05) is 0 Å². The second-order valence-corrected chi connectivity index (χ2v) is 5.95. The van der Waals surface area contributed by atoms with Crippen LogP contribution in [0.2, 0.25) is 0 Å².